The summed E-state index contributed by atoms with van der Waals surface area (Å²) in [5.74, 6) is -0.418. The van der Waals surface area contributed by atoms with Gasteiger partial charge in [0.1, 0.15) is 42.2 Å². The molecule has 1 aliphatic heterocycles. The minimum Gasteiger partial charge on any atom is -0.491 e. The minimum absolute atomic E-state index is 0.0843. The normalized spacial score (nSPS) is 17.3. The number of carbonyl (C=O) groups excluding carboxylic acids is 2. The van der Waals surface area contributed by atoms with Crippen molar-refractivity contribution in [3.05, 3.63) is 105 Å². The Bertz CT molecular complexity index is 1530. The number of aromatic nitrogens is 2. The highest BCUT2D eigenvalue weighted by molar-refractivity contribution is 14.1. The number of rotatable bonds is 10. The van der Waals surface area contributed by atoms with Crippen LogP contribution in [0.1, 0.15) is 41.9 Å². The van der Waals surface area contributed by atoms with Crippen LogP contribution in [0.4, 0.5) is 9.18 Å². The Morgan fingerprint density at radius 3 is 2.51 bits per heavy atom. The van der Waals surface area contributed by atoms with E-state index < -0.39 is 42.6 Å². The summed E-state index contributed by atoms with van der Waals surface area (Å²) in [6.07, 6.45) is 0.500. The maximum atomic E-state index is 14.8. The highest BCUT2D eigenvalue weighted by Gasteiger charge is 2.46. The second-order valence-corrected chi connectivity index (χ2v) is 11.0. The zero-order valence-corrected chi connectivity index (χ0v) is 24.2. The summed E-state index contributed by atoms with van der Waals surface area (Å²) in [6.45, 7) is 1.41. The van der Waals surface area contributed by atoms with Gasteiger partial charge in [-0.15, -0.1) is 0 Å². The van der Waals surface area contributed by atoms with Crippen LogP contribution >= 0.6 is 22.6 Å². The van der Waals surface area contributed by atoms with Crippen LogP contribution in [0, 0.1) is 9.39 Å². The number of hydrogen-bond donors (Lipinski definition) is 4. The highest BCUT2D eigenvalue weighted by atomic mass is 127. The van der Waals surface area contributed by atoms with Crippen molar-refractivity contribution in [3.8, 4) is 17.0 Å². The van der Waals surface area contributed by atoms with Crippen LogP contribution in [-0.2, 0) is 4.79 Å². The summed E-state index contributed by atoms with van der Waals surface area (Å²) in [5, 5.41) is 21.2. The van der Waals surface area contributed by atoms with Gasteiger partial charge in [-0.2, -0.15) is 0 Å². The zero-order valence-electron chi connectivity index (χ0n) is 22.0. The first kappa shape index (κ1) is 28.7. The first-order valence-corrected chi connectivity index (χ1v) is 14.0. The molecule has 11 heteroatoms. The Morgan fingerprint density at radius 1 is 1.10 bits per heavy atom. The molecule has 1 aliphatic rings. The fourth-order valence-electron chi connectivity index (χ4n) is 4.84. The van der Waals surface area contributed by atoms with E-state index in [1.165, 1.54) is 17.2 Å². The number of aliphatic hydroxyl groups is 2. The van der Waals surface area contributed by atoms with Gasteiger partial charge < -0.3 is 25.3 Å². The topological polar surface area (TPSA) is 128 Å². The number of carbonyl (C=O) groups is 2. The van der Waals surface area contributed by atoms with E-state index in [1.54, 1.807) is 36.4 Å². The number of aromatic amines is 1. The molecular weight excluding hydrogens is 642 g/mol. The number of amides is 3. The van der Waals surface area contributed by atoms with Gasteiger partial charge in [0, 0.05) is 15.1 Å². The number of benzene rings is 3. The van der Waals surface area contributed by atoms with Crippen molar-refractivity contribution in [1.82, 2.24) is 20.2 Å². The third-order valence-electron chi connectivity index (χ3n) is 7.01. The fraction of sp³-hybridized carbons (Fsp3) is 0.233. The van der Waals surface area contributed by atoms with Gasteiger partial charge in [-0.3, -0.25) is 9.69 Å². The number of hydrogen-bond acceptors (Lipinski definition) is 6. The highest BCUT2D eigenvalue weighted by Crippen LogP contribution is 2.39. The molecular formula is C30H28FIN4O5. The molecule has 4 atom stereocenters. The van der Waals surface area contributed by atoms with Crippen LogP contribution in [0.2, 0.25) is 0 Å². The number of H-pyrrole nitrogens is 1. The summed E-state index contributed by atoms with van der Waals surface area (Å²) in [4.78, 5) is 36.1. The maximum Gasteiger partial charge on any atom is 0.325 e. The van der Waals surface area contributed by atoms with Gasteiger partial charge in [-0.05, 0) is 64.0 Å². The average molecular weight is 670 g/mol. The van der Waals surface area contributed by atoms with Crippen LogP contribution in [-0.4, -0.2) is 56.3 Å². The monoisotopic (exact) mass is 670 g/mol. The molecule has 9 nitrogen and oxygen atoms in total. The lowest BCUT2D eigenvalue weighted by molar-refractivity contribution is -0.129. The van der Waals surface area contributed by atoms with Crippen LogP contribution in [0.3, 0.4) is 0 Å². The standard InChI is InChI=1S/C30H28FIN4O5/c1-17(18-5-3-2-4-6-18)27(28-33-14-25(34-28)23-12-9-20(32)13-24(23)31)36-29(39)26(35-30(36)40)19-7-10-22(11-8-19)41-16-21(38)15-37/h2-14,17,21,26-27,37-38H,15-16H2,1H3,(H,33,34)(H,35,40)/t17-,21+,26-,27+/m1/s1. The van der Waals surface area contributed by atoms with Gasteiger partial charge in [0.05, 0.1) is 18.5 Å². The molecule has 0 saturated carbocycles. The Kier molecular flexibility index (Phi) is 8.66. The third-order valence-corrected chi connectivity index (χ3v) is 7.68. The molecule has 4 aromatic rings. The van der Waals surface area contributed by atoms with Gasteiger partial charge in [0.2, 0.25) is 0 Å². The summed E-state index contributed by atoms with van der Waals surface area (Å²) < 4.78 is 21.0. The number of imidazole rings is 1. The predicted molar refractivity (Wildman–Crippen MR) is 157 cm³/mol. The van der Waals surface area contributed by atoms with Crippen LogP contribution in [0.25, 0.3) is 11.3 Å². The van der Waals surface area contributed by atoms with Gasteiger partial charge in [-0.1, -0.05) is 49.4 Å². The molecule has 4 N–H and O–H groups in total. The number of imide groups is 1. The summed E-state index contributed by atoms with van der Waals surface area (Å²) in [5.41, 5.74) is 2.21. The molecule has 3 aromatic carbocycles. The van der Waals surface area contributed by atoms with Gasteiger partial charge in [0.25, 0.3) is 5.91 Å². The summed E-state index contributed by atoms with van der Waals surface area (Å²) >= 11 is 2.04. The molecule has 1 fully saturated rings. The van der Waals surface area contributed by atoms with E-state index in [4.69, 9.17) is 9.84 Å². The van der Waals surface area contributed by atoms with Gasteiger partial charge in [-0.25, -0.2) is 14.2 Å². The van der Waals surface area contributed by atoms with E-state index >= 15 is 0 Å². The number of ether oxygens (including phenoxy) is 1. The van der Waals surface area contributed by atoms with Crippen LogP contribution < -0.4 is 10.1 Å². The molecule has 3 amide bonds. The van der Waals surface area contributed by atoms with Gasteiger partial charge in [0.15, 0.2) is 0 Å². The van der Waals surface area contributed by atoms with Crippen molar-refractivity contribution >= 4 is 34.5 Å². The first-order valence-electron chi connectivity index (χ1n) is 13.0. The zero-order chi connectivity index (χ0) is 29.1. The molecule has 1 aromatic heterocycles. The molecule has 5 rings (SSSR count). The number of nitrogens with one attached hydrogen (secondary N) is 2. The molecule has 41 heavy (non-hydrogen) atoms. The van der Waals surface area contributed by atoms with Gasteiger partial charge >= 0.3 is 6.03 Å². The smallest absolute Gasteiger partial charge is 0.325 e. The van der Waals surface area contributed by atoms with E-state index in [0.717, 1.165) is 9.13 Å². The molecule has 0 spiro atoms. The lowest BCUT2D eigenvalue weighted by Gasteiger charge is -2.29. The summed E-state index contributed by atoms with van der Waals surface area (Å²) in [6, 6.07) is 18.6. The molecule has 0 unspecified atom stereocenters. The van der Waals surface area contributed by atoms with Crippen molar-refractivity contribution in [1.29, 1.82) is 0 Å². The van der Waals surface area contributed by atoms with E-state index in [2.05, 4.69) is 15.3 Å². The van der Waals surface area contributed by atoms with E-state index in [0.29, 0.717) is 28.4 Å². The molecule has 0 radical (unpaired) electrons. The molecule has 1 saturated heterocycles. The number of aliphatic hydroxyl groups excluding tert-OH is 2. The van der Waals surface area contributed by atoms with E-state index in [9.17, 15) is 19.1 Å². The number of urea groups is 1. The molecule has 0 aliphatic carbocycles. The molecule has 0 bridgehead atoms. The van der Waals surface area contributed by atoms with E-state index in [1.807, 2.05) is 59.8 Å². The number of halogens is 2. The largest absolute Gasteiger partial charge is 0.491 e. The lowest BCUT2D eigenvalue weighted by Crippen LogP contribution is -2.38. The fourth-order valence-corrected chi connectivity index (χ4v) is 5.29. The Labute approximate surface area is 249 Å². The predicted octanol–water partition coefficient (Wildman–Crippen LogP) is 4.69. The maximum absolute atomic E-state index is 14.8. The Balaban J connectivity index is 1.46. The van der Waals surface area contributed by atoms with Crippen molar-refractivity contribution in [2.75, 3.05) is 13.2 Å². The quantitative estimate of drug-likeness (QED) is 0.143. The second kappa shape index (κ2) is 12.4. The average Bonchev–Trinajstić information content (AvgIpc) is 3.57. The van der Waals surface area contributed by atoms with Crippen LogP contribution in [0.5, 0.6) is 5.75 Å². The Morgan fingerprint density at radius 2 is 1.83 bits per heavy atom. The third kappa shape index (κ3) is 6.11. The second-order valence-electron chi connectivity index (χ2n) is 9.76. The number of nitrogens with zero attached hydrogens (tertiary/aromatic N) is 2. The molecule has 212 valence electrons. The van der Waals surface area contributed by atoms with Crippen LogP contribution in [0.15, 0.2) is 79.0 Å². The van der Waals surface area contributed by atoms with Crippen molar-refractivity contribution in [2.24, 2.45) is 0 Å². The first-order chi connectivity index (χ1) is 19.8. The summed E-state index contributed by atoms with van der Waals surface area (Å²) in [7, 11) is 0. The SMILES string of the molecule is C[C@H](c1ccccc1)[C@@H](c1ncc(-c2ccc(I)cc2F)[nH]1)N1C(=O)N[C@H](c2ccc(OC[C@@H](O)CO)cc2)C1=O. The lowest BCUT2D eigenvalue weighted by atomic mass is 9.91. The van der Waals surface area contributed by atoms with E-state index in [-0.39, 0.29) is 12.5 Å². The van der Waals surface area contributed by atoms with Crippen molar-refractivity contribution < 1.29 is 28.9 Å². The molecule has 2 heterocycles. The minimum atomic E-state index is -1.01. The Hall–Kier alpha value is -3.81. The van der Waals surface area contributed by atoms with Crippen molar-refractivity contribution in [2.45, 2.75) is 31.0 Å². The van der Waals surface area contributed by atoms with Crippen molar-refractivity contribution in [3.63, 3.8) is 0 Å².